The van der Waals surface area contributed by atoms with Crippen molar-refractivity contribution in [3.8, 4) is 11.5 Å². The summed E-state index contributed by atoms with van der Waals surface area (Å²) in [5.41, 5.74) is 0.806. The maximum atomic E-state index is 11.1. The molecule has 3 rings (SSSR count). The van der Waals surface area contributed by atoms with E-state index in [1.165, 1.54) is 0 Å². The van der Waals surface area contributed by atoms with Gasteiger partial charge >= 0.3 is 0 Å². The summed E-state index contributed by atoms with van der Waals surface area (Å²) in [4.78, 5) is 15.2. The number of benzene rings is 1. The molecule has 1 aliphatic heterocycles. The molecular weight excluding hydrogens is 265 g/mol. The number of hydrogen-bond donors (Lipinski definition) is 0. The van der Waals surface area contributed by atoms with E-state index in [4.69, 9.17) is 32.7 Å². The van der Waals surface area contributed by atoms with Gasteiger partial charge in [-0.1, -0.05) is 11.6 Å². The molecule has 6 heteroatoms. The van der Waals surface area contributed by atoms with E-state index in [9.17, 15) is 4.79 Å². The number of pyridine rings is 1. The maximum absolute atomic E-state index is 11.1. The summed E-state index contributed by atoms with van der Waals surface area (Å²) < 4.78 is 10.5. The second kappa shape index (κ2) is 3.75. The van der Waals surface area contributed by atoms with Crippen LogP contribution in [0.15, 0.2) is 18.2 Å². The maximum Gasteiger partial charge on any atom is 0.255 e. The molecule has 4 nitrogen and oxygen atoms in total. The van der Waals surface area contributed by atoms with Crippen LogP contribution in [0.25, 0.3) is 10.9 Å². The van der Waals surface area contributed by atoms with Gasteiger partial charge in [0.05, 0.1) is 11.1 Å². The first-order chi connectivity index (χ1) is 8.15. The molecule has 0 saturated carbocycles. The van der Waals surface area contributed by atoms with E-state index in [1.54, 1.807) is 18.2 Å². The Bertz CT molecular complexity index is 642. The van der Waals surface area contributed by atoms with Crippen LogP contribution in [0.2, 0.25) is 5.15 Å². The quantitative estimate of drug-likeness (QED) is 0.590. The zero-order valence-corrected chi connectivity index (χ0v) is 9.88. The van der Waals surface area contributed by atoms with Crippen molar-refractivity contribution in [1.29, 1.82) is 0 Å². The molecule has 0 amide bonds. The van der Waals surface area contributed by atoms with Gasteiger partial charge in [-0.25, -0.2) is 4.98 Å². The molecule has 1 aliphatic rings. The monoisotopic (exact) mass is 269 g/mol. The van der Waals surface area contributed by atoms with Crippen molar-refractivity contribution in [2.75, 3.05) is 6.79 Å². The average Bonchev–Trinajstić information content (AvgIpc) is 2.71. The van der Waals surface area contributed by atoms with Crippen LogP contribution in [0.3, 0.4) is 0 Å². The van der Waals surface area contributed by atoms with Crippen molar-refractivity contribution in [2.24, 2.45) is 0 Å². The lowest BCUT2D eigenvalue weighted by molar-refractivity contribution is 0.108. The Morgan fingerprint density at radius 2 is 1.94 bits per heavy atom. The van der Waals surface area contributed by atoms with Gasteiger partial charge in [0, 0.05) is 11.5 Å². The van der Waals surface area contributed by atoms with Crippen molar-refractivity contribution in [3.05, 3.63) is 28.9 Å². The van der Waals surface area contributed by atoms with E-state index in [2.05, 4.69) is 4.98 Å². The average molecular weight is 270 g/mol. The molecule has 0 fully saturated rings. The van der Waals surface area contributed by atoms with Crippen LogP contribution in [-0.4, -0.2) is 17.0 Å². The predicted octanol–water partition coefficient (Wildman–Crippen LogP) is 3.00. The highest BCUT2D eigenvalue weighted by Gasteiger charge is 2.17. The smallest absolute Gasteiger partial charge is 0.255 e. The Kier molecular flexibility index (Phi) is 2.34. The van der Waals surface area contributed by atoms with Crippen LogP contribution in [0.4, 0.5) is 0 Å². The molecule has 0 spiro atoms. The van der Waals surface area contributed by atoms with Crippen molar-refractivity contribution in [3.63, 3.8) is 0 Å². The standard InChI is InChI=1S/C11H5Cl2NO3/c12-10-6(11(13)15)1-5-2-8-9(17-4-16-8)3-7(5)14-10/h1-3H,4H2. The van der Waals surface area contributed by atoms with Crippen molar-refractivity contribution >= 4 is 39.3 Å². The van der Waals surface area contributed by atoms with Gasteiger partial charge in [0.2, 0.25) is 6.79 Å². The number of rotatable bonds is 1. The van der Waals surface area contributed by atoms with E-state index in [-0.39, 0.29) is 17.5 Å². The molecular formula is C11H5Cl2NO3. The Balaban J connectivity index is 2.29. The molecule has 0 radical (unpaired) electrons. The lowest BCUT2D eigenvalue weighted by Gasteiger charge is -2.03. The number of halogens is 2. The molecule has 0 aliphatic carbocycles. The number of nitrogens with zero attached hydrogens (tertiary/aromatic N) is 1. The number of fused-ring (bicyclic) bond motifs is 2. The minimum atomic E-state index is -0.637. The molecule has 86 valence electrons. The van der Waals surface area contributed by atoms with E-state index in [0.29, 0.717) is 17.0 Å². The number of hydrogen-bond acceptors (Lipinski definition) is 4. The van der Waals surface area contributed by atoms with Crippen molar-refractivity contribution in [2.45, 2.75) is 0 Å². The van der Waals surface area contributed by atoms with E-state index in [0.717, 1.165) is 5.39 Å². The van der Waals surface area contributed by atoms with E-state index >= 15 is 0 Å². The summed E-state index contributed by atoms with van der Waals surface area (Å²) in [5.74, 6) is 1.24. The first-order valence-corrected chi connectivity index (χ1v) is 5.50. The molecule has 2 aromatic rings. The van der Waals surface area contributed by atoms with E-state index < -0.39 is 5.24 Å². The second-order valence-electron chi connectivity index (χ2n) is 3.50. The number of carbonyl (C=O) groups excluding carboxylic acids is 1. The van der Waals surface area contributed by atoms with Crippen LogP contribution in [-0.2, 0) is 0 Å². The first-order valence-electron chi connectivity index (χ1n) is 4.75. The third-order valence-electron chi connectivity index (χ3n) is 2.47. The highest BCUT2D eigenvalue weighted by Crippen LogP contribution is 2.36. The predicted molar refractivity (Wildman–Crippen MR) is 63.1 cm³/mol. The van der Waals surface area contributed by atoms with Crippen LogP contribution < -0.4 is 9.47 Å². The molecule has 0 atom stereocenters. The zero-order valence-electron chi connectivity index (χ0n) is 8.37. The van der Waals surface area contributed by atoms with Crippen LogP contribution in [0.1, 0.15) is 10.4 Å². The van der Waals surface area contributed by atoms with E-state index in [1.807, 2.05) is 0 Å². The van der Waals surface area contributed by atoms with Gasteiger partial charge in [-0.15, -0.1) is 0 Å². The third kappa shape index (κ3) is 1.69. The van der Waals surface area contributed by atoms with Crippen LogP contribution in [0, 0.1) is 0 Å². The zero-order chi connectivity index (χ0) is 12.0. The first kappa shape index (κ1) is 10.6. The van der Waals surface area contributed by atoms with Gasteiger partial charge in [0.15, 0.2) is 11.5 Å². The summed E-state index contributed by atoms with van der Waals surface area (Å²) in [7, 11) is 0. The van der Waals surface area contributed by atoms with Gasteiger partial charge in [-0.05, 0) is 23.7 Å². The molecule has 17 heavy (non-hydrogen) atoms. The Labute approximate surface area is 106 Å². The molecule has 1 aromatic heterocycles. The largest absolute Gasteiger partial charge is 0.454 e. The lowest BCUT2D eigenvalue weighted by atomic mass is 10.1. The van der Waals surface area contributed by atoms with Crippen molar-refractivity contribution in [1.82, 2.24) is 4.98 Å². The summed E-state index contributed by atoms with van der Waals surface area (Å²) in [6, 6.07) is 5.04. The topological polar surface area (TPSA) is 48.4 Å². The normalized spacial score (nSPS) is 13.1. The molecule has 0 unspecified atom stereocenters. The lowest BCUT2D eigenvalue weighted by Crippen LogP contribution is -1.93. The number of carbonyl (C=O) groups is 1. The third-order valence-corrected chi connectivity index (χ3v) is 2.97. The SMILES string of the molecule is O=C(Cl)c1cc2cc3c(cc2nc1Cl)OCO3. The summed E-state index contributed by atoms with van der Waals surface area (Å²) in [6.07, 6.45) is 0. The number of aromatic nitrogens is 1. The highest BCUT2D eigenvalue weighted by molar-refractivity contribution is 6.68. The fraction of sp³-hybridized carbons (Fsp3) is 0.0909. The van der Waals surface area contributed by atoms with Crippen LogP contribution >= 0.6 is 23.2 Å². The second-order valence-corrected chi connectivity index (χ2v) is 4.20. The molecule has 0 bridgehead atoms. The fourth-order valence-corrected chi connectivity index (χ4v) is 2.10. The van der Waals surface area contributed by atoms with Gasteiger partial charge in [0.1, 0.15) is 5.15 Å². The summed E-state index contributed by atoms with van der Waals surface area (Å²) >= 11 is 11.3. The molecule has 0 N–H and O–H groups in total. The minimum Gasteiger partial charge on any atom is -0.454 e. The Morgan fingerprint density at radius 1 is 1.24 bits per heavy atom. The summed E-state index contributed by atoms with van der Waals surface area (Å²) in [6.45, 7) is 0.181. The van der Waals surface area contributed by atoms with Crippen LogP contribution in [0.5, 0.6) is 11.5 Å². The van der Waals surface area contributed by atoms with Gasteiger partial charge < -0.3 is 9.47 Å². The van der Waals surface area contributed by atoms with Gasteiger partial charge in [0.25, 0.3) is 5.24 Å². The Hall–Kier alpha value is -1.52. The molecule has 2 heterocycles. The molecule has 0 saturated heterocycles. The fourth-order valence-electron chi connectivity index (χ4n) is 1.68. The number of ether oxygens (including phenoxy) is 2. The molecule has 1 aromatic carbocycles. The minimum absolute atomic E-state index is 0.0800. The van der Waals surface area contributed by atoms with Gasteiger partial charge in [-0.2, -0.15) is 0 Å². The summed E-state index contributed by atoms with van der Waals surface area (Å²) in [5, 5.41) is 0.168. The highest BCUT2D eigenvalue weighted by atomic mass is 35.5. The Morgan fingerprint density at radius 3 is 2.65 bits per heavy atom. The van der Waals surface area contributed by atoms with Gasteiger partial charge in [-0.3, -0.25) is 4.79 Å². The van der Waals surface area contributed by atoms with Crippen molar-refractivity contribution < 1.29 is 14.3 Å².